The largest absolute Gasteiger partial charge is 0.746 e. The number of hydrogen-bond donors (Lipinski definition) is 1. The number of carbonyl (C=O) groups excluding carboxylic acids is 1. The second kappa shape index (κ2) is 7.53. The molecule has 1 amide bonds. The Hall–Kier alpha value is -2.04. The van der Waals surface area contributed by atoms with Gasteiger partial charge in [0.05, 0.1) is 0 Å². The van der Waals surface area contributed by atoms with E-state index >= 15 is 0 Å². The zero-order valence-electron chi connectivity index (χ0n) is 11.0. The summed E-state index contributed by atoms with van der Waals surface area (Å²) in [6, 6.07) is 5.45. The average molecular weight is 298 g/mol. The van der Waals surface area contributed by atoms with Crippen molar-refractivity contribution in [3.05, 3.63) is 54.1 Å². The zero-order chi connectivity index (χ0) is 15.1. The van der Waals surface area contributed by atoms with Gasteiger partial charge >= 0.3 is 8.25 Å². The van der Waals surface area contributed by atoms with Crippen molar-refractivity contribution in [1.29, 1.82) is 0 Å². The van der Waals surface area contributed by atoms with Crippen molar-refractivity contribution in [2.75, 3.05) is 14.1 Å². The first-order valence-corrected chi connectivity index (χ1v) is 6.72. The Balaban J connectivity index is 3.05. The van der Waals surface area contributed by atoms with Gasteiger partial charge in [0, 0.05) is 24.2 Å². The average Bonchev–Trinajstić information content (AvgIpc) is 2.39. The number of likely N-dealkylation sites (N-methyl/N-ethyl adjacent to an activating group) is 1. The lowest BCUT2D eigenvalue weighted by Crippen LogP contribution is -2.22. The summed E-state index contributed by atoms with van der Waals surface area (Å²) in [6.45, 7) is 0. The molecule has 0 radical (unpaired) electrons. The van der Waals surface area contributed by atoms with Crippen LogP contribution in [0.2, 0.25) is 0 Å². The Morgan fingerprint density at radius 3 is 2.45 bits per heavy atom. The molecule has 1 atom stereocenters. The summed E-state index contributed by atoms with van der Waals surface area (Å²) < 4.78 is 27.6. The second-order valence-corrected chi connectivity index (χ2v) is 4.65. The summed E-state index contributed by atoms with van der Waals surface area (Å²) in [4.78, 5) is 21.9. The fourth-order valence-electron chi connectivity index (χ4n) is 1.38. The van der Waals surface area contributed by atoms with E-state index in [0.717, 1.165) is 6.26 Å². The van der Waals surface area contributed by atoms with E-state index in [1.54, 1.807) is 14.1 Å². The van der Waals surface area contributed by atoms with Crippen LogP contribution in [0.25, 0.3) is 5.57 Å². The number of carbonyl (C=O) groups is 1. The Bertz CT molecular complexity index is 552. The number of halogens is 1. The highest BCUT2D eigenvalue weighted by Crippen LogP contribution is 2.18. The number of amides is 1. The van der Waals surface area contributed by atoms with E-state index in [0.29, 0.717) is 11.1 Å². The molecule has 0 aromatic heterocycles. The molecule has 1 unspecified atom stereocenters. The number of rotatable bonds is 5. The first kappa shape index (κ1) is 16.0. The Morgan fingerprint density at radius 2 is 1.95 bits per heavy atom. The molecular formula is C13H14FNO4P+. The molecule has 1 aromatic carbocycles. The fraction of sp³-hybridized carbons (Fsp3) is 0.154. The third-order valence-corrected chi connectivity index (χ3v) is 2.59. The topological polar surface area (TPSA) is 66.8 Å². The molecule has 1 aromatic rings. The van der Waals surface area contributed by atoms with Gasteiger partial charge in [0.1, 0.15) is 5.82 Å². The van der Waals surface area contributed by atoms with E-state index in [-0.39, 0.29) is 5.91 Å². The Kier molecular flexibility index (Phi) is 6.03. The van der Waals surface area contributed by atoms with Crippen LogP contribution in [0.5, 0.6) is 0 Å². The number of allylic oxidation sites excluding steroid dienone is 2. The molecule has 1 N–H and O–H groups in total. The molecule has 0 aliphatic rings. The van der Waals surface area contributed by atoms with Gasteiger partial charge in [-0.25, -0.2) is 8.91 Å². The maximum atomic E-state index is 12.9. The van der Waals surface area contributed by atoms with Crippen LogP contribution < -0.4 is 0 Å². The molecule has 0 spiro atoms. The summed E-state index contributed by atoms with van der Waals surface area (Å²) in [6.07, 6.45) is 3.75. The lowest BCUT2D eigenvalue weighted by molar-refractivity contribution is -0.122. The van der Waals surface area contributed by atoms with Crippen molar-refractivity contribution in [2.45, 2.75) is 0 Å². The molecular weight excluding hydrogens is 284 g/mol. The summed E-state index contributed by atoms with van der Waals surface area (Å²) in [5.74, 6) is -0.684. The highest BCUT2D eigenvalue weighted by molar-refractivity contribution is 7.32. The maximum Gasteiger partial charge on any atom is 0.746 e. The van der Waals surface area contributed by atoms with Gasteiger partial charge in [-0.1, -0.05) is 12.1 Å². The van der Waals surface area contributed by atoms with E-state index in [1.807, 2.05) is 0 Å². The molecule has 1 rings (SSSR count). The molecule has 106 valence electrons. The minimum Gasteiger partial charge on any atom is -0.345 e. The summed E-state index contributed by atoms with van der Waals surface area (Å²) in [5, 5.41) is 0. The van der Waals surface area contributed by atoms with Crippen LogP contribution in [0, 0.1) is 5.82 Å². The molecule has 5 nitrogen and oxygen atoms in total. The first-order valence-electron chi connectivity index (χ1n) is 5.59. The first-order chi connectivity index (χ1) is 9.41. The van der Waals surface area contributed by atoms with Crippen LogP contribution in [0.4, 0.5) is 4.39 Å². The van der Waals surface area contributed by atoms with Crippen LogP contribution in [-0.4, -0.2) is 29.8 Å². The van der Waals surface area contributed by atoms with Crippen LogP contribution >= 0.6 is 8.25 Å². The fourth-order valence-corrected chi connectivity index (χ4v) is 1.56. The summed E-state index contributed by atoms with van der Waals surface area (Å²) in [7, 11) is 0.447. The van der Waals surface area contributed by atoms with Gasteiger partial charge in [-0.05, 0) is 29.8 Å². The minimum absolute atomic E-state index is 0.283. The van der Waals surface area contributed by atoms with Gasteiger partial charge in [0.15, 0.2) is 6.26 Å². The van der Waals surface area contributed by atoms with Gasteiger partial charge in [-0.15, -0.1) is 4.89 Å². The molecule has 0 aliphatic heterocycles. The third-order valence-electron chi connectivity index (χ3n) is 2.28. The van der Waals surface area contributed by atoms with E-state index in [1.165, 1.54) is 41.3 Å². The van der Waals surface area contributed by atoms with Gasteiger partial charge in [0.2, 0.25) is 0 Å². The summed E-state index contributed by atoms with van der Waals surface area (Å²) >= 11 is 0. The van der Waals surface area contributed by atoms with E-state index in [4.69, 9.17) is 4.89 Å². The standard InChI is InChI=1S/C13H13FNO4P/c1-15(2)13(16)12(4-3-9-19-20(17)18)10-5-7-11(14)8-6-10/h3-9H,1-2H3/p+1/b9-3+,12-4-. The second-order valence-electron chi connectivity index (χ2n) is 3.96. The molecule has 0 heterocycles. The van der Waals surface area contributed by atoms with Gasteiger partial charge in [0.25, 0.3) is 5.91 Å². The smallest absolute Gasteiger partial charge is 0.345 e. The third kappa shape index (κ3) is 4.91. The van der Waals surface area contributed by atoms with Crippen molar-refractivity contribution in [3.8, 4) is 0 Å². The predicted octanol–water partition coefficient (Wildman–Crippen LogP) is 2.48. The normalized spacial score (nSPS) is 12.4. The SMILES string of the molecule is CN(C)C(=O)/C(=C\C=C\O[P+](=O)O)c1ccc(F)cc1. The molecule has 0 saturated heterocycles. The highest BCUT2D eigenvalue weighted by atomic mass is 31.1. The summed E-state index contributed by atoms with van der Waals surface area (Å²) in [5.41, 5.74) is 0.839. The lowest BCUT2D eigenvalue weighted by atomic mass is 10.0. The molecule has 0 fully saturated rings. The van der Waals surface area contributed by atoms with Crippen molar-refractivity contribution in [1.82, 2.24) is 4.90 Å². The Morgan fingerprint density at radius 1 is 1.35 bits per heavy atom. The quantitative estimate of drug-likeness (QED) is 0.392. The minimum atomic E-state index is -2.73. The zero-order valence-corrected chi connectivity index (χ0v) is 11.9. The van der Waals surface area contributed by atoms with Crippen LogP contribution in [0.15, 0.2) is 42.7 Å². The maximum absolute atomic E-state index is 12.9. The molecule has 7 heteroatoms. The molecule has 0 aliphatic carbocycles. The number of hydrogen-bond acceptors (Lipinski definition) is 3. The Labute approximate surface area is 116 Å². The van der Waals surface area contributed by atoms with E-state index in [9.17, 15) is 13.8 Å². The van der Waals surface area contributed by atoms with E-state index in [2.05, 4.69) is 4.52 Å². The lowest BCUT2D eigenvalue weighted by Gasteiger charge is -2.13. The number of benzene rings is 1. The van der Waals surface area contributed by atoms with Crippen molar-refractivity contribution in [2.24, 2.45) is 0 Å². The van der Waals surface area contributed by atoms with Crippen LogP contribution in [-0.2, 0) is 13.9 Å². The molecule has 0 saturated carbocycles. The van der Waals surface area contributed by atoms with Crippen LogP contribution in [0.1, 0.15) is 5.56 Å². The van der Waals surface area contributed by atoms with Crippen LogP contribution in [0.3, 0.4) is 0 Å². The van der Waals surface area contributed by atoms with Gasteiger partial charge in [-0.2, -0.15) is 0 Å². The monoisotopic (exact) mass is 298 g/mol. The van der Waals surface area contributed by atoms with Gasteiger partial charge < -0.3 is 4.90 Å². The predicted molar refractivity (Wildman–Crippen MR) is 73.1 cm³/mol. The van der Waals surface area contributed by atoms with Crippen molar-refractivity contribution in [3.63, 3.8) is 0 Å². The highest BCUT2D eigenvalue weighted by Gasteiger charge is 2.13. The van der Waals surface area contributed by atoms with Crippen molar-refractivity contribution >= 4 is 19.7 Å². The van der Waals surface area contributed by atoms with Crippen molar-refractivity contribution < 1.29 is 23.2 Å². The molecule has 0 bridgehead atoms. The number of nitrogens with zero attached hydrogens (tertiary/aromatic N) is 1. The molecule has 20 heavy (non-hydrogen) atoms. The van der Waals surface area contributed by atoms with Gasteiger partial charge in [-0.3, -0.25) is 4.79 Å². The van der Waals surface area contributed by atoms with E-state index < -0.39 is 14.1 Å².